The first kappa shape index (κ1) is 13.6. The van der Waals surface area contributed by atoms with Crippen LogP contribution in [0.2, 0.25) is 5.02 Å². The van der Waals surface area contributed by atoms with Crippen LogP contribution in [0.25, 0.3) is 0 Å². The Balaban J connectivity index is 2.23. The number of nitrogens with two attached hydrogens (primary N) is 1. The van der Waals surface area contributed by atoms with Crippen LogP contribution in [0.3, 0.4) is 0 Å². The lowest BCUT2D eigenvalue weighted by atomic mass is 10.2. The van der Waals surface area contributed by atoms with Crippen molar-refractivity contribution in [2.24, 2.45) is 0 Å². The highest BCUT2D eigenvalue weighted by Gasteiger charge is 2.11. The molecule has 2 rings (SSSR count). The number of nitrogens with one attached hydrogen (secondary N) is 1. The third-order valence-corrected chi connectivity index (χ3v) is 3.21. The molecule has 19 heavy (non-hydrogen) atoms. The summed E-state index contributed by atoms with van der Waals surface area (Å²) in [7, 11) is 0. The van der Waals surface area contributed by atoms with Crippen LogP contribution in [0.4, 0.5) is 11.5 Å². The van der Waals surface area contributed by atoms with Gasteiger partial charge in [-0.2, -0.15) is 0 Å². The lowest BCUT2D eigenvalue weighted by Crippen LogP contribution is -2.13. The number of hydrogen-bond acceptors (Lipinski definition) is 4. The number of pyridine rings is 1. The van der Waals surface area contributed by atoms with Crippen molar-refractivity contribution in [3.8, 4) is 5.75 Å². The van der Waals surface area contributed by atoms with Gasteiger partial charge in [0.2, 0.25) is 0 Å². The van der Waals surface area contributed by atoms with Gasteiger partial charge in [-0.25, -0.2) is 4.98 Å². The number of phenolic OH excluding ortho intramolecular Hbond substituents is 1. The smallest absolute Gasteiger partial charge is 0.256 e. The van der Waals surface area contributed by atoms with Gasteiger partial charge in [-0.1, -0.05) is 11.6 Å². The molecule has 0 bridgehead atoms. The predicted molar refractivity (Wildman–Crippen MR) is 77.4 cm³/mol. The minimum atomic E-state index is -0.389. The van der Waals surface area contributed by atoms with Crippen molar-refractivity contribution in [1.29, 1.82) is 0 Å². The highest BCUT2D eigenvalue weighted by atomic mass is 79.9. The molecule has 0 spiro atoms. The molecule has 0 radical (unpaired) electrons. The minimum Gasteiger partial charge on any atom is -0.506 e. The number of aromatic nitrogens is 1. The number of benzene rings is 1. The van der Waals surface area contributed by atoms with Crippen LogP contribution in [-0.2, 0) is 0 Å². The molecule has 0 unspecified atom stereocenters. The predicted octanol–water partition coefficient (Wildman–Crippen LogP) is 3.04. The van der Waals surface area contributed by atoms with Crippen molar-refractivity contribution < 1.29 is 9.90 Å². The molecule has 2 aromatic rings. The number of nitrogens with zero attached hydrogens (tertiary/aromatic N) is 1. The maximum Gasteiger partial charge on any atom is 0.256 e. The first-order chi connectivity index (χ1) is 8.97. The van der Waals surface area contributed by atoms with Crippen LogP contribution in [0.15, 0.2) is 34.9 Å². The number of carbonyl (C=O) groups is 1. The van der Waals surface area contributed by atoms with Crippen LogP contribution in [-0.4, -0.2) is 16.0 Å². The van der Waals surface area contributed by atoms with Gasteiger partial charge in [0.25, 0.3) is 5.91 Å². The normalized spacial score (nSPS) is 10.2. The fourth-order valence-corrected chi connectivity index (χ4v) is 2.02. The number of phenols is 1. The molecule has 1 heterocycles. The van der Waals surface area contributed by atoms with E-state index in [0.29, 0.717) is 21.5 Å². The highest BCUT2D eigenvalue weighted by molar-refractivity contribution is 9.10. The van der Waals surface area contributed by atoms with Gasteiger partial charge < -0.3 is 16.2 Å². The van der Waals surface area contributed by atoms with E-state index in [1.807, 2.05) is 0 Å². The van der Waals surface area contributed by atoms with Crippen molar-refractivity contribution in [3.05, 3.63) is 45.5 Å². The first-order valence-electron chi connectivity index (χ1n) is 5.18. The van der Waals surface area contributed by atoms with Gasteiger partial charge in [-0.05, 0) is 40.2 Å². The van der Waals surface area contributed by atoms with Crippen LogP contribution in [0.1, 0.15) is 10.4 Å². The standard InChI is InChI=1S/C12H9BrClN3O2/c13-8-4-7(15)5-16-11(8)17-12(19)6-1-2-10(18)9(14)3-6/h1-5,18H,15H2,(H,16,17,19). The Bertz CT molecular complexity index is 649. The van der Waals surface area contributed by atoms with Crippen molar-refractivity contribution in [1.82, 2.24) is 4.98 Å². The second-order valence-electron chi connectivity index (χ2n) is 3.72. The number of halogens is 2. The molecule has 1 aromatic heterocycles. The number of amides is 1. The van der Waals surface area contributed by atoms with E-state index in [1.54, 1.807) is 6.07 Å². The second kappa shape index (κ2) is 5.46. The summed E-state index contributed by atoms with van der Waals surface area (Å²) < 4.78 is 0.575. The van der Waals surface area contributed by atoms with Crippen molar-refractivity contribution in [2.75, 3.05) is 11.1 Å². The monoisotopic (exact) mass is 341 g/mol. The van der Waals surface area contributed by atoms with E-state index in [1.165, 1.54) is 24.4 Å². The lowest BCUT2D eigenvalue weighted by Gasteiger charge is -2.07. The Kier molecular flexibility index (Phi) is 3.92. The molecule has 1 amide bonds. The summed E-state index contributed by atoms with van der Waals surface area (Å²) in [5, 5.41) is 12.0. The Labute approximate surface area is 122 Å². The number of rotatable bonds is 2. The summed E-state index contributed by atoms with van der Waals surface area (Å²) in [6.07, 6.45) is 1.43. The third kappa shape index (κ3) is 3.15. The molecule has 1 aromatic carbocycles. The van der Waals surface area contributed by atoms with Crippen LogP contribution in [0, 0.1) is 0 Å². The van der Waals surface area contributed by atoms with E-state index in [2.05, 4.69) is 26.2 Å². The van der Waals surface area contributed by atoms with E-state index in [0.717, 1.165) is 0 Å². The average molecular weight is 343 g/mol. The number of anilines is 2. The zero-order valence-electron chi connectivity index (χ0n) is 9.52. The fourth-order valence-electron chi connectivity index (χ4n) is 1.37. The quantitative estimate of drug-likeness (QED) is 0.782. The highest BCUT2D eigenvalue weighted by Crippen LogP contribution is 2.25. The molecular formula is C12H9BrClN3O2. The zero-order chi connectivity index (χ0) is 14.0. The van der Waals surface area contributed by atoms with Gasteiger partial charge in [0.1, 0.15) is 11.6 Å². The fraction of sp³-hybridized carbons (Fsp3) is 0. The first-order valence-corrected chi connectivity index (χ1v) is 6.35. The summed E-state index contributed by atoms with van der Waals surface area (Å²) in [6.45, 7) is 0. The molecule has 0 aliphatic rings. The summed E-state index contributed by atoms with van der Waals surface area (Å²) in [5.74, 6) is -0.117. The van der Waals surface area contributed by atoms with Gasteiger partial charge in [0.05, 0.1) is 21.4 Å². The summed E-state index contributed by atoms with van der Waals surface area (Å²) in [6, 6.07) is 5.81. The van der Waals surface area contributed by atoms with Crippen molar-refractivity contribution >= 4 is 44.9 Å². The zero-order valence-corrected chi connectivity index (χ0v) is 11.9. The van der Waals surface area contributed by atoms with Gasteiger partial charge >= 0.3 is 0 Å². The topological polar surface area (TPSA) is 88.2 Å². The SMILES string of the molecule is Nc1cnc(NC(=O)c2ccc(O)c(Cl)c2)c(Br)c1. The second-order valence-corrected chi connectivity index (χ2v) is 4.98. The Morgan fingerprint density at radius 3 is 2.79 bits per heavy atom. The molecule has 0 fully saturated rings. The number of aromatic hydroxyl groups is 1. The minimum absolute atomic E-state index is 0.0787. The molecule has 0 atom stereocenters. The Morgan fingerprint density at radius 1 is 1.42 bits per heavy atom. The van der Waals surface area contributed by atoms with E-state index in [-0.39, 0.29) is 16.7 Å². The molecular weight excluding hydrogens is 334 g/mol. The van der Waals surface area contributed by atoms with Crippen molar-refractivity contribution in [2.45, 2.75) is 0 Å². The van der Waals surface area contributed by atoms with Gasteiger partial charge in [-0.3, -0.25) is 4.79 Å². The summed E-state index contributed by atoms with van der Waals surface area (Å²) in [4.78, 5) is 16.0. The number of carbonyl (C=O) groups excluding carboxylic acids is 1. The molecule has 0 saturated heterocycles. The lowest BCUT2D eigenvalue weighted by molar-refractivity contribution is 0.102. The molecule has 7 heteroatoms. The van der Waals surface area contributed by atoms with E-state index in [9.17, 15) is 9.90 Å². The van der Waals surface area contributed by atoms with Crippen LogP contribution in [0.5, 0.6) is 5.75 Å². The molecule has 5 nitrogen and oxygen atoms in total. The van der Waals surface area contributed by atoms with E-state index < -0.39 is 0 Å². The third-order valence-electron chi connectivity index (χ3n) is 2.30. The number of nitrogen functional groups attached to an aromatic ring is 1. The summed E-state index contributed by atoms with van der Waals surface area (Å²) in [5.41, 5.74) is 6.35. The molecule has 4 N–H and O–H groups in total. The van der Waals surface area contributed by atoms with E-state index in [4.69, 9.17) is 17.3 Å². The molecule has 0 saturated carbocycles. The molecule has 0 aliphatic carbocycles. The van der Waals surface area contributed by atoms with Crippen LogP contribution >= 0.6 is 27.5 Å². The van der Waals surface area contributed by atoms with Crippen LogP contribution < -0.4 is 11.1 Å². The molecule has 98 valence electrons. The van der Waals surface area contributed by atoms with Crippen molar-refractivity contribution in [3.63, 3.8) is 0 Å². The van der Waals surface area contributed by atoms with Gasteiger partial charge in [0, 0.05) is 5.56 Å². The maximum atomic E-state index is 12.0. The largest absolute Gasteiger partial charge is 0.506 e. The maximum absolute atomic E-state index is 12.0. The average Bonchev–Trinajstić information content (AvgIpc) is 2.36. The van der Waals surface area contributed by atoms with E-state index >= 15 is 0 Å². The van der Waals surface area contributed by atoms with Gasteiger partial charge in [-0.15, -0.1) is 0 Å². The summed E-state index contributed by atoms with van der Waals surface area (Å²) >= 11 is 8.99. The van der Waals surface area contributed by atoms with Gasteiger partial charge in [0.15, 0.2) is 0 Å². The Morgan fingerprint density at radius 2 is 2.16 bits per heavy atom. The Hall–Kier alpha value is -1.79. The molecule has 0 aliphatic heterocycles. The number of hydrogen-bond donors (Lipinski definition) is 3.